The van der Waals surface area contributed by atoms with Crippen LogP contribution in [-0.2, 0) is 23.6 Å². The second-order valence-electron chi connectivity index (χ2n) is 7.94. The standard InChI is InChI=1S/C22H22ClN3O5S/c1-13(2)5-6-25-21(27)18-4-3-16(23)9-19(18)24-22(25)32-11-15-8-17(26(28)29)7-14-10-30-12-31-20(14)15/h3-4,7-9,13H,5-6,10-12H2,1-2H3. The van der Waals surface area contributed by atoms with Gasteiger partial charge in [0.2, 0.25) is 0 Å². The average molecular weight is 476 g/mol. The van der Waals surface area contributed by atoms with Gasteiger partial charge in [0.05, 0.1) is 22.4 Å². The Morgan fingerprint density at radius 3 is 2.88 bits per heavy atom. The molecule has 10 heteroatoms. The van der Waals surface area contributed by atoms with Gasteiger partial charge in [0.25, 0.3) is 11.2 Å². The molecule has 0 amide bonds. The molecule has 168 valence electrons. The van der Waals surface area contributed by atoms with Crippen molar-refractivity contribution in [1.29, 1.82) is 0 Å². The highest BCUT2D eigenvalue weighted by molar-refractivity contribution is 7.98. The Labute approximate surface area is 193 Å². The van der Waals surface area contributed by atoms with E-state index in [2.05, 4.69) is 13.8 Å². The zero-order valence-corrected chi connectivity index (χ0v) is 19.2. The molecule has 2 aromatic carbocycles. The highest BCUT2D eigenvalue weighted by Gasteiger charge is 2.22. The maximum atomic E-state index is 13.2. The largest absolute Gasteiger partial charge is 0.467 e. The summed E-state index contributed by atoms with van der Waals surface area (Å²) in [6.07, 6.45) is 0.820. The Hall–Kier alpha value is -2.62. The first-order chi connectivity index (χ1) is 15.3. The van der Waals surface area contributed by atoms with Crippen molar-refractivity contribution in [2.75, 3.05) is 6.79 Å². The lowest BCUT2D eigenvalue weighted by molar-refractivity contribution is -0.385. The number of benzene rings is 2. The van der Waals surface area contributed by atoms with E-state index in [9.17, 15) is 14.9 Å². The number of halogens is 1. The lowest BCUT2D eigenvalue weighted by Crippen LogP contribution is -2.24. The highest BCUT2D eigenvalue weighted by atomic mass is 35.5. The molecule has 0 fully saturated rings. The molecule has 0 N–H and O–H groups in total. The molecule has 0 saturated heterocycles. The van der Waals surface area contributed by atoms with Gasteiger partial charge in [-0.1, -0.05) is 37.2 Å². The Bertz CT molecular complexity index is 1240. The van der Waals surface area contributed by atoms with Gasteiger partial charge in [-0.2, -0.15) is 0 Å². The van der Waals surface area contributed by atoms with Gasteiger partial charge in [0.1, 0.15) is 5.75 Å². The number of thioether (sulfide) groups is 1. The van der Waals surface area contributed by atoms with Crippen LogP contribution < -0.4 is 10.3 Å². The van der Waals surface area contributed by atoms with Crippen LogP contribution >= 0.6 is 23.4 Å². The third-order valence-electron chi connectivity index (χ3n) is 5.15. The summed E-state index contributed by atoms with van der Waals surface area (Å²) in [6, 6.07) is 8.02. The monoisotopic (exact) mass is 475 g/mol. The van der Waals surface area contributed by atoms with Gasteiger partial charge in [-0.15, -0.1) is 0 Å². The van der Waals surface area contributed by atoms with Crippen LogP contribution in [0.15, 0.2) is 40.3 Å². The molecule has 0 spiro atoms. The number of fused-ring (bicyclic) bond motifs is 2. The summed E-state index contributed by atoms with van der Waals surface area (Å²) in [5.74, 6) is 1.36. The van der Waals surface area contributed by atoms with Crippen molar-refractivity contribution in [1.82, 2.24) is 9.55 Å². The topological polar surface area (TPSA) is 96.5 Å². The zero-order valence-electron chi connectivity index (χ0n) is 17.7. The second kappa shape index (κ2) is 9.48. The van der Waals surface area contributed by atoms with E-state index in [1.807, 2.05) is 0 Å². The molecule has 2 heterocycles. The van der Waals surface area contributed by atoms with Crippen molar-refractivity contribution in [3.63, 3.8) is 0 Å². The van der Waals surface area contributed by atoms with Gasteiger partial charge in [0.15, 0.2) is 11.9 Å². The average Bonchev–Trinajstić information content (AvgIpc) is 2.76. The van der Waals surface area contributed by atoms with Gasteiger partial charge in [0, 0.05) is 40.6 Å². The van der Waals surface area contributed by atoms with Crippen LogP contribution in [0.5, 0.6) is 5.75 Å². The predicted octanol–water partition coefficient (Wildman–Crippen LogP) is 5.16. The minimum Gasteiger partial charge on any atom is -0.467 e. The third kappa shape index (κ3) is 4.74. The maximum Gasteiger partial charge on any atom is 0.270 e. The third-order valence-corrected chi connectivity index (χ3v) is 6.41. The summed E-state index contributed by atoms with van der Waals surface area (Å²) >= 11 is 7.46. The van der Waals surface area contributed by atoms with Crippen molar-refractivity contribution < 1.29 is 14.4 Å². The Kier molecular flexibility index (Phi) is 6.68. The molecule has 0 bridgehead atoms. The van der Waals surface area contributed by atoms with Crippen molar-refractivity contribution in [2.24, 2.45) is 5.92 Å². The van der Waals surface area contributed by atoms with Crippen molar-refractivity contribution in [2.45, 2.75) is 44.3 Å². The van der Waals surface area contributed by atoms with Crippen molar-refractivity contribution in [3.05, 3.63) is 66.9 Å². The maximum absolute atomic E-state index is 13.2. The summed E-state index contributed by atoms with van der Waals surface area (Å²) in [7, 11) is 0. The number of nitro groups is 1. The highest BCUT2D eigenvalue weighted by Crippen LogP contribution is 2.36. The van der Waals surface area contributed by atoms with Crippen LogP contribution in [-0.4, -0.2) is 21.3 Å². The van der Waals surface area contributed by atoms with Crippen LogP contribution in [0.1, 0.15) is 31.4 Å². The molecule has 1 aromatic heterocycles. The molecular formula is C22H22ClN3O5S. The van der Waals surface area contributed by atoms with Crippen LogP contribution in [0.3, 0.4) is 0 Å². The lowest BCUT2D eigenvalue weighted by atomic mass is 10.1. The molecular weight excluding hydrogens is 454 g/mol. The Balaban J connectivity index is 1.74. The van der Waals surface area contributed by atoms with Crippen molar-refractivity contribution >= 4 is 40.0 Å². The quantitative estimate of drug-likeness (QED) is 0.201. The summed E-state index contributed by atoms with van der Waals surface area (Å²) in [6.45, 7) is 5.07. The van der Waals surface area contributed by atoms with Crippen LogP contribution in [0, 0.1) is 16.0 Å². The number of hydrogen-bond donors (Lipinski definition) is 0. The molecule has 0 saturated carbocycles. The fraction of sp³-hybridized carbons (Fsp3) is 0.364. The molecule has 0 radical (unpaired) electrons. The molecule has 8 nitrogen and oxygen atoms in total. The zero-order chi connectivity index (χ0) is 22.8. The normalized spacial score (nSPS) is 13.2. The lowest BCUT2D eigenvalue weighted by Gasteiger charge is -2.20. The van der Waals surface area contributed by atoms with E-state index in [0.29, 0.717) is 56.2 Å². The molecule has 3 aromatic rings. The second-order valence-corrected chi connectivity index (χ2v) is 9.32. The predicted molar refractivity (Wildman–Crippen MR) is 123 cm³/mol. The number of aromatic nitrogens is 2. The molecule has 0 aliphatic carbocycles. The minimum absolute atomic E-state index is 0.0242. The number of hydrogen-bond acceptors (Lipinski definition) is 7. The molecule has 1 aliphatic heterocycles. The van der Waals surface area contributed by atoms with E-state index in [0.717, 1.165) is 6.42 Å². The number of rotatable bonds is 7. The molecule has 32 heavy (non-hydrogen) atoms. The van der Waals surface area contributed by atoms with Crippen LogP contribution in [0.4, 0.5) is 5.69 Å². The molecule has 0 unspecified atom stereocenters. The SMILES string of the molecule is CC(C)CCn1c(SCc2cc([N+](=O)[O-])cc3c2OCOC3)nc2cc(Cl)ccc2c1=O. The first-order valence-electron chi connectivity index (χ1n) is 10.2. The molecule has 4 rings (SSSR count). The fourth-order valence-electron chi connectivity index (χ4n) is 3.50. The number of nitrogens with zero attached hydrogens (tertiary/aromatic N) is 3. The van der Waals surface area contributed by atoms with Gasteiger partial charge in [-0.25, -0.2) is 4.98 Å². The van der Waals surface area contributed by atoms with E-state index in [-0.39, 0.29) is 24.6 Å². The van der Waals surface area contributed by atoms with Gasteiger partial charge in [-0.3, -0.25) is 19.5 Å². The van der Waals surface area contributed by atoms with Gasteiger partial charge < -0.3 is 9.47 Å². The van der Waals surface area contributed by atoms with Crippen molar-refractivity contribution in [3.8, 4) is 5.75 Å². The summed E-state index contributed by atoms with van der Waals surface area (Å²) < 4.78 is 12.6. The first-order valence-corrected chi connectivity index (χ1v) is 11.5. The van der Waals surface area contributed by atoms with Crippen LogP contribution in [0.25, 0.3) is 10.9 Å². The summed E-state index contributed by atoms with van der Waals surface area (Å²) in [5, 5.41) is 12.9. The van der Waals surface area contributed by atoms with E-state index < -0.39 is 4.92 Å². The van der Waals surface area contributed by atoms with Gasteiger partial charge >= 0.3 is 0 Å². The summed E-state index contributed by atoms with van der Waals surface area (Å²) in [4.78, 5) is 28.9. The van der Waals surface area contributed by atoms with Crippen LogP contribution in [0.2, 0.25) is 5.02 Å². The van der Waals surface area contributed by atoms with E-state index in [1.165, 1.54) is 23.9 Å². The Morgan fingerprint density at radius 2 is 2.12 bits per heavy atom. The van der Waals surface area contributed by atoms with E-state index in [1.54, 1.807) is 22.8 Å². The number of non-ortho nitro benzene ring substituents is 1. The minimum atomic E-state index is -0.433. The number of nitro benzene ring substituents is 1. The molecule has 1 aliphatic rings. The number of ether oxygens (including phenoxy) is 2. The summed E-state index contributed by atoms with van der Waals surface area (Å²) in [5.41, 5.74) is 1.68. The van der Waals surface area contributed by atoms with Gasteiger partial charge in [-0.05, 0) is 30.5 Å². The smallest absolute Gasteiger partial charge is 0.270 e. The first kappa shape index (κ1) is 22.6. The van der Waals surface area contributed by atoms with E-state index >= 15 is 0 Å². The fourth-order valence-corrected chi connectivity index (χ4v) is 4.66. The Morgan fingerprint density at radius 1 is 1.31 bits per heavy atom. The molecule has 0 atom stereocenters. The van der Waals surface area contributed by atoms with E-state index in [4.69, 9.17) is 26.1 Å².